The monoisotopic (exact) mass is 454 g/mol. The third-order valence-electron chi connectivity index (χ3n) is 5.12. The lowest BCUT2D eigenvalue weighted by atomic mass is 9.98. The first-order valence-electron chi connectivity index (χ1n) is 10.3. The first-order valence-corrected chi connectivity index (χ1v) is 11.1. The van der Waals surface area contributed by atoms with Gasteiger partial charge in [0.15, 0.2) is 5.13 Å². The molecule has 3 aromatic rings. The van der Waals surface area contributed by atoms with Crippen LogP contribution in [0, 0.1) is 12.3 Å². The molecular weight excluding hydrogens is 428 g/mol. The molecule has 1 aliphatic heterocycles. The number of aliphatic hydroxyl groups is 1. The van der Waals surface area contributed by atoms with Crippen molar-refractivity contribution in [2.45, 2.75) is 38.7 Å². The molecule has 0 saturated heterocycles. The lowest BCUT2D eigenvalue weighted by Gasteiger charge is -2.15. The lowest BCUT2D eigenvalue weighted by molar-refractivity contribution is 0.0905. The highest BCUT2D eigenvalue weighted by Gasteiger charge is 2.24. The lowest BCUT2D eigenvalue weighted by Crippen LogP contribution is -2.23. The molecule has 2 aromatic heterocycles. The van der Waals surface area contributed by atoms with Crippen molar-refractivity contribution in [2.24, 2.45) is 12.0 Å². The van der Waals surface area contributed by atoms with E-state index in [0.717, 1.165) is 21.7 Å². The number of hydrogen-bond donors (Lipinski definition) is 2. The molecule has 0 spiro atoms. The van der Waals surface area contributed by atoms with Crippen LogP contribution in [0.15, 0.2) is 28.0 Å². The number of hydrogen-bond acceptors (Lipinski definition) is 8. The van der Waals surface area contributed by atoms with Crippen LogP contribution >= 0.6 is 11.3 Å². The van der Waals surface area contributed by atoms with E-state index >= 15 is 0 Å². The highest BCUT2D eigenvalue weighted by molar-refractivity contribution is 7.14. The summed E-state index contributed by atoms with van der Waals surface area (Å²) in [6, 6.07) is 5.79. The first-order chi connectivity index (χ1) is 15.2. The molecule has 10 heteroatoms. The molecule has 9 nitrogen and oxygen atoms in total. The van der Waals surface area contributed by atoms with Gasteiger partial charge in [0, 0.05) is 36.3 Å². The smallest absolute Gasteiger partial charge is 0.352 e. The molecule has 1 aromatic carbocycles. The van der Waals surface area contributed by atoms with E-state index in [2.05, 4.69) is 10.1 Å². The van der Waals surface area contributed by atoms with Gasteiger partial charge in [-0.05, 0) is 38.5 Å². The number of aromatic nitrogens is 4. The minimum Gasteiger partial charge on any atom is -0.492 e. The Morgan fingerprint density at radius 1 is 1.44 bits per heavy atom. The fourth-order valence-corrected chi connectivity index (χ4v) is 4.65. The highest BCUT2D eigenvalue weighted by Crippen LogP contribution is 2.39. The van der Waals surface area contributed by atoms with E-state index in [1.165, 1.54) is 26.8 Å². The summed E-state index contributed by atoms with van der Waals surface area (Å²) in [6.07, 6.45) is 3.68. The van der Waals surface area contributed by atoms with Crippen molar-refractivity contribution < 1.29 is 9.84 Å². The summed E-state index contributed by atoms with van der Waals surface area (Å²) in [5, 5.41) is 22.4. The maximum absolute atomic E-state index is 12.5. The predicted octanol–water partition coefficient (Wildman–Crippen LogP) is 2.51. The van der Waals surface area contributed by atoms with Gasteiger partial charge < -0.3 is 15.3 Å². The molecule has 3 heterocycles. The van der Waals surface area contributed by atoms with Gasteiger partial charge in [0.05, 0.1) is 30.4 Å². The van der Waals surface area contributed by atoms with Gasteiger partial charge in [-0.15, -0.1) is 11.3 Å². The van der Waals surface area contributed by atoms with Crippen molar-refractivity contribution in [3.63, 3.8) is 0 Å². The molecular formula is C22H26N6O3S. The molecule has 1 aliphatic rings. The van der Waals surface area contributed by atoms with Crippen LogP contribution in [0.5, 0.6) is 5.75 Å². The van der Waals surface area contributed by atoms with Gasteiger partial charge in [-0.25, -0.2) is 19.0 Å². The zero-order chi connectivity index (χ0) is 23.0. The average Bonchev–Trinajstić information content (AvgIpc) is 3.18. The number of ether oxygens (including phenoxy) is 1. The molecule has 2 N–H and O–H groups in total. The highest BCUT2D eigenvalue weighted by atomic mass is 32.1. The van der Waals surface area contributed by atoms with Gasteiger partial charge in [-0.2, -0.15) is 5.10 Å². The van der Waals surface area contributed by atoms with Crippen molar-refractivity contribution >= 4 is 23.8 Å². The summed E-state index contributed by atoms with van der Waals surface area (Å²) in [5.74, 6) is 0.958. The van der Waals surface area contributed by atoms with E-state index in [0.29, 0.717) is 29.7 Å². The minimum atomic E-state index is -0.896. The first kappa shape index (κ1) is 22.1. The second-order valence-corrected chi connectivity index (χ2v) is 9.47. The van der Waals surface area contributed by atoms with Gasteiger partial charge in [-0.3, -0.25) is 4.99 Å². The van der Waals surface area contributed by atoms with Crippen molar-refractivity contribution in [1.29, 1.82) is 5.41 Å². The molecule has 0 amide bonds. The molecule has 0 bridgehead atoms. The van der Waals surface area contributed by atoms with Crippen molar-refractivity contribution in [1.82, 2.24) is 19.3 Å². The fraction of sp³-hybridized carbons (Fsp3) is 0.409. The maximum atomic E-state index is 12.5. The summed E-state index contributed by atoms with van der Waals surface area (Å²) in [6.45, 7) is 5.93. The van der Waals surface area contributed by atoms with Crippen molar-refractivity contribution in [2.75, 3.05) is 13.2 Å². The van der Waals surface area contributed by atoms with Gasteiger partial charge in [0.1, 0.15) is 11.6 Å². The molecule has 4 rings (SSSR count). The largest absolute Gasteiger partial charge is 0.492 e. The van der Waals surface area contributed by atoms with E-state index in [1.54, 1.807) is 34.0 Å². The second-order valence-electron chi connectivity index (χ2n) is 8.41. The van der Waals surface area contributed by atoms with Crippen molar-refractivity contribution in [3.8, 4) is 22.1 Å². The van der Waals surface area contributed by atoms with Gasteiger partial charge >= 0.3 is 5.69 Å². The molecule has 0 radical (unpaired) electrons. The zero-order valence-corrected chi connectivity index (χ0v) is 19.3. The average molecular weight is 455 g/mol. The Balaban J connectivity index is 1.70. The third-order valence-corrected chi connectivity index (χ3v) is 6.22. The van der Waals surface area contributed by atoms with E-state index in [1.807, 2.05) is 18.2 Å². The molecule has 32 heavy (non-hydrogen) atoms. The number of aryl methyl sites for hydroxylation is 2. The molecule has 1 atom stereocenters. The Kier molecular flexibility index (Phi) is 5.83. The van der Waals surface area contributed by atoms with E-state index < -0.39 is 5.60 Å². The predicted molar refractivity (Wildman–Crippen MR) is 125 cm³/mol. The number of aliphatic imine (C=N–C) groups is 1. The third kappa shape index (κ3) is 4.28. The van der Waals surface area contributed by atoms with Gasteiger partial charge in [-0.1, -0.05) is 6.07 Å². The van der Waals surface area contributed by atoms with Crippen molar-refractivity contribution in [3.05, 3.63) is 44.9 Å². The summed E-state index contributed by atoms with van der Waals surface area (Å²) >= 11 is 1.47. The maximum Gasteiger partial charge on any atom is 0.352 e. The Labute approximate surface area is 189 Å². The summed E-state index contributed by atoms with van der Waals surface area (Å²) in [7, 11) is 1.62. The van der Waals surface area contributed by atoms with E-state index in [9.17, 15) is 9.90 Å². The number of fused-ring (bicyclic) bond motifs is 3. The number of nitrogens with one attached hydrogen (secondary N) is 1. The van der Waals surface area contributed by atoms with Crippen LogP contribution in [-0.4, -0.2) is 55.6 Å². The van der Waals surface area contributed by atoms with Crippen LogP contribution in [0.3, 0.4) is 0 Å². The standard InChI is InChI=1S/C22H26N6O3S/c1-13-26-27(4)21(29)28(13)20-25-19-16-6-5-14(9-17(16)31-8-7-18(19)32-20)15(10-23)11-24-12-22(2,3)30/h5-6,9-11,15,23,30H,7-8,12H2,1-4H3. The summed E-state index contributed by atoms with van der Waals surface area (Å²) in [4.78, 5) is 22.6. The Morgan fingerprint density at radius 3 is 2.88 bits per heavy atom. The van der Waals surface area contributed by atoms with Gasteiger partial charge in [0.2, 0.25) is 0 Å². The number of rotatable bonds is 6. The summed E-state index contributed by atoms with van der Waals surface area (Å²) in [5.41, 5.74) is 1.42. The zero-order valence-electron chi connectivity index (χ0n) is 18.5. The summed E-state index contributed by atoms with van der Waals surface area (Å²) < 4.78 is 8.84. The topological polar surface area (TPSA) is 118 Å². The minimum absolute atomic E-state index is 0.225. The molecule has 168 valence electrons. The molecule has 0 aliphatic carbocycles. The molecule has 1 unspecified atom stereocenters. The van der Waals surface area contributed by atoms with E-state index in [-0.39, 0.29) is 18.2 Å². The SMILES string of the molecule is Cc1nn(C)c(=O)n1-c1nc2c(s1)CCOc1cc(C(C=N)C=NCC(C)(C)O)ccc1-2. The Hall–Kier alpha value is -3.11. The van der Waals surface area contributed by atoms with Crippen LogP contribution in [0.2, 0.25) is 0 Å². The van der Waals surface area contributed by atoms with Gasteiger partial charge in [0.25, 0.3) is 0 Å². The normalized spacial score (nSPS) is 14.5. The fourth-order valence-electron chi connectivity index (χ4n) is 3.55. The molecule has 0 saturated carbocycles. The second kappa shape index (κ2) is 8.44. The van der Waals surface area contributed by atoms with Crippen LogP contribution in [0.1, 0.15) is 36.0 Å². The van der Waals surface area contributed by atoms with Crippen LogP contribution in [-0.2, 0) is 13.5 Å². The number of benzene rings is 1. The number of nitrogens with zero attached hydrogens (tertiary/aromatic N) is 5. The molecule has 0 fully saturated rings. The van der Waals surface area contributed by atoms with Crippen LogP contribution in [0.25, 0.3) is 16.4 Å². The Bertz CT molecular complexity index is 1250. The van der Waals surface area contributed by atoms with Crippen LogP contribution in [0.4, 0.5) is 0 Å². The number of thiazole rings is 1. The Morgan fingerprint density at radius 2 is 2.22 bits per heavy atom. The van der Waals surface area contributed by atoms with Crippen LogP contribution < -0.4 is 10.4 Å². The van der Waals surface area contributed by atoms with E-state index in [4.69, 9.17) is 15.1 Å². The quantitative estimate of drug-likeness (QED) is 0.555.